The summed E-state index contributed by atoms with van der Waals surface area (Å²) in [5.74, 6) is 2.48. The number of pyridine rings is 1. The molecule has 2 atom stereocenters. The largest absolute Gasteiger partial charge is 0.497 e. The summed E-state index contributed by atoms with van der Waals surface area (Å²) in [5.41, 5.74) is 3.83. The van der Waals surface area contributed by atoms with Gasteiger partial charge in [-0.15, -0.1) is 0 Å². The normalized spacial score (nSPS) is 13.0. The predicted octanol–water partition coefficient (Wildman–Crippen LogP) is 5.62. The van der Waals surface area contributed by atoms with Gasteiger partial charge in [-0.1, -0.05) is 37.3 Å². The Morgan fingerprint density at radius 1 is 0.815 bits per heavy atom. The quantitative estimate of drug-likeness (QED) is 0.522. The highest BCUT2D eigenvalue weighted by molar-refractivity contribution is 5.38. The van der Waals surface area contributed by atoms with Gasteiger partial charge in [0.05, 0.1) is 14.2 Å². The van der Waals surface area contributed by atoms with E-state index in [0.717, 1.165) is 24.3 Å². The molecule has 0 aliphatic rings. The van der Waals surface area contributed by atoms with Crippen LogP contribution >= 0.6 is 0 Å². The zero-order valence-corrected chi connectivity index (χ0v) is 16.3. The molecule has 140 valence electrons. The van der Waals surface area contributed by atoms with Crippen LogP contribution in [0.25, 0.3) is 0 Å². The van der Waals surface area contributed by atoms with Crippen molar-refractivity contribution in [2.75, 3.05) is 14.2 Å². The van der Waals surface area contributed by atoms with Crippen molar-refractivity contribution in [1.82, 2.24) is 4.98 Å². The average Bonchev–Trinajstić information content (AvgIpc) is 2.74. The van der Waals surface area contributed by atoms with Gasteiger partial charge in [0.2, 0.25) is 0 Å². The Bertz CT molecular complexity index is 848. The van der Waals surface area contributed by atoms with Crippen molar-refractivity contribution < 1.29 is 9.47 Å². The summed E-state index contributed by atoms with van der Waals surface area (Å²) in [4.78, 5) is 4.31. The van der Waals surface area contributed by atoms with Crippen LogP contribution in [0.4, 0.5) is 0 Å². The topological polar surface area (TPSA) is 31.4 Å². The predicted molar refractivity (Wildman–Crippen MR) is 110 cm³/mol. The van der Waals surface area contributed by atoms with E-state index in [1.165, 1.54) is 16.7 Å². The van der Waals surface area contributed by atoms with Crippen molar-refractivity contribution in [1.29, 1.82) is 0 Å². The first-order chi connectivity index (χ1) is 13.2. The Morgan fingerprint density at radius 3 is 1.96 bits per heavy atom. The molecule has 27 heavy (non-hydrogen) atoms. The van der Waals surface area contributed by atoms with Crippen molar-refractivity contribution >= 4 is 0 Å². The average molecular weight is 361 g/mol. The van der Waals surface area contributed by atoms with Gasteiger partial charge in [0.1, 0.15) is 11.5 Å². The lowest BCUT2D eigenvalue weighted by atomic mass is 9.76. The van der Waals surface area contributed by atoms with Crippen LogP contribution in [0.2, 0.25) is 0 Å². The number of methoxy groups -OCH3 is 2. The maximum Gasteiger partial charge on any atom is 0.119 e. The molecule has 2 aromatic carbocycles. The molecule has 3 aromatic rings. The molecule has 0 N–H and O–H groups in total. The fraction of sp³-hybridized carbons (Fsp3) is 0.292. The van der Waals surface area contributed by atoms with E-state index in [2.05, 4.69) is 54.4 Å². The molecule has 0 amide bonds. The highest BCUT2D eigenvalue weighted by Crippen LogP contribution is 2.39. The second kappa shape index (κ2) is 9.22. The first-order valence-electron chi connectivity index (χ1n) is 9.42. The smallest absolute Gasteiger partial charge is 0.119 e. The van der Waals surface area contributed by atoms with Gasteiger partial charge in [0.25, 0.3) is 0 Å². The van der Waals surface area contributed by atoms with E-state index in [4.69, 9.17) is 9.47 Å². The zero-order valence-electron chi connectivity index (χ0n) is 16.3. The van der Waals surface area contributed by atoms with Crippen LogP contribution in [-0.2, 0) is 6.42 Å². The maximum absolute atomic E-state index is 5.48. The Balaban J connectivity index is 2.03. The van der Waals surface area contributed by atoms with Crippen LogP contribution in [0.15, 0.2) is 73.1 Å². The Kier molecular flexibility index (Phi) is 6.48. The third-order valence-electron chi connectivity index (χ3n) is 5.15. The molecule has 3 rings (SSSR count). The minimum absolute atomic E-state index is 0.321. The molecule has 0 aliphatic heterocycles. The number of hydrogen-bond donors (Lipinski definition) is 0. The van der Waals surface area contributed by atoms with E-state index in [-0.39, 0.29) is 0 Å². The molecule has 1 aromatic heterocycles. The molecule has 0 spiro atoms. The summed E-state index contributed by atoms with van der Waals surface area (Å²) in [7, 11) is 3.43. The molecule has 0 saturated heterocycles. The zero-order chi connectivity index (χ0) is 19.1. The second-order valence-electron chi connectivity index (χ2n) is 6.74. The first-order valence-corrected chi connectivity index (χ1v) is 9.42. The third kappa shape index (κ3) is 4.68. The minimum Gasteiger partial charge on any atom is -0.497 e. The summed E-state index contributed by atoms with van der Waals surface area (Å²) in [6, 6.07) is 21.0. The SMILES string of the molecule is CCC(c1cccc(OC)c1)C(Cc1cccnc1)c1cccc(OC)c1. The number of rotatable bonds is 8. The van der Waals surface area contributed by atoms with Crippen molar-refractivity contribution in [2.24, 2.45) is 0 Å². The van der Waals surface area contributed by atoms with E-state index in [1.54, 1.807) is 14.2 Å². The molecule has 0 radical (unpaired) electrons. The van der Waals surface area contributed by atoms with Crippen LogP contribution < -0.4 is 9.47 Å². The molecular formula is C24H27NO2. The van der Waals surface area contributed by atoms with E-state index in [1.807, 2.05) is 30.6 Å². The molecule has 3 nitrogen and oxygen atoms in total. The standard InChI is InChI=1S/C24H27NO2/c1-4-23(19-9-5-11-21(15-19)26-2)24(14-18-8-7-13-25-17-18)20-10-6-12-22(16-20)27-3/h5-13,15-17,23-24H,4,14H2,1-3H3. The van der Waals surface area contributed by atoms with Gasteiger partial charge in [0.15, 0.2) is 0 Å². The van der Waals surface area contributed by atoms with Crippen molar-refractivity contribution in [3.8, 4) is 11.5 Å². The van der Waals surface area contributed by atoms with Gasteiger partial charge in [-0.3, -0.25) is 4.98 Å². The lowest BCUT2D eigenvalue weighted by Gasteiger charge is -2.28. The lowest BCUT2D eigenvalue weighted by Crippen LogP contribution is -2.14. The number of ether oxygens (including phenoxy) is 2. The first kappa shape index (κ1) is 19.0. The molecule has 0 saturated carbocycles. The van der Waals surface area contributed by atoms with E-state index in [0.29, 0.717) is 11.8 Å². The van der Waals surface area contributed by atoms with Gasteiger partial charge >= 0.3 is 0 Å². The highest BCUT2D eigenvalue weighted by Gasteiger charge is 2.25. The number of aromatic nitrogens is 1. The molecule has 0 fully saturated rings. The van der Waals surface area contributed by atoms with Crippen molar-refractivity contribution in [3.63, 3.8) is 0 Å². The van der Waals surface area contributed by atoms with E-state index in [9.17, 15) is 0 Å². The van der Waals surface area contributed by atoms with Crippen LogP contribution in [0.1, 0.15) is 41.9 Å². The third-order valence-corrected chi connectivity index (χ3v) is 5.15. The Hall–Kier alpha value is -2.81. The molecule has 2 unspecified atom stereocenters. The highest BCUT2D eigenvalue weighted by atomic mass is 16.5. The number of nitrogens with zero attached hydrogens (tertiary/aromatic N) is 1. The molecule has 3 heteroatoms. The minimum atomic E-state index is 0.321. The summed E-state index contributed by atoms with van der Waals surface area (Å²) in [6.07, 6.45) is 5.75. The van der Waals surface area contributed by atoms with E-state index >= 15 is 0 Å². The summed E-state index contributed by atoms with van der Waals surface area (Å²) in [5, 5.41) is 0. The number of benzene rings is 2. The fourth-order valence-corrected chi connectivity index (χ4v) is 3.76. The van der Waals surface area contributed by atoms with Gasteiger partial charge < -0.3 is 9.47 Å². The summed E-state index contributed by atoms with van der Waals surface area (Å²) < 4.78 is 10.9. The van der Waals surface area contributed by atoms with Crippen molar-refractivity contribution in [3.05, 3.63) is 89.7 Å². The van der Waals surface area contributed by atoms with E-state index < -0.39 is 0 Å². The summed E-state index contributed by atoms with van der Waals surface area (Å²) in [6.45, 7) is 2.25. The second-order valence-corrected chi connectivity index (χ2v) is 6.74. The molecular weight excluding hydrogens is 334 g/mol. The maximum atomic E-state index is 5.48. The lowest BCUT2D eigenvalue weighted by molar-refractivity contribution is 0.410. The monoisotopic (exact) mass is 361 g/mol. The van der Waals surface area contributed by atoms with Crippen LogP contribution in [-0.4, -0.2) is 19.2 Å². The van der Waals surface area contributed by atoms with Crippen LogP contribution in [0.3, 0.4) is 0 Å². The fourth-order valence-electron chi connectivity index (χ4n) is 3.76. The van der Waals surface area contributed by atoms with Gasteiger partial charge in [0, 0.05) is 12.4 Å². The Labute approximate surface area is 162 Å². The van der Waals surface area contributed by atoms with Gasteiger partial charge in [-0.05, 0) is 71.7 Å². The molecule has 1 heterocycles. The van der Waals surface area contributed by atoms with Crippen molar-refractivity contribution in [2.45, 2.75) is 31.6 Å². The summed E-state index contributed by atoms with van der Waals surface area (Å²) >= 11 is 0. The van der Waals surface area contributed by atoms with Crippen LogP contribution in [0, 0.1) is 0 Å². The molecule has 0 bridgehead atoms. The number of hydrogen-bond acceptors (Lipinski definition) is 3. The van der Waals surface area contributed by atoms with Gasteiger partial charge in [-0.25, -0.2) is 0 Å². The molecule has 0 aliphatic carbocycles. The Morgan fingerprint density at radius 2 is 1.44 bits per heavy atom. The van der Waals surface area contributed by atoms with Crippen LogP contribution in [0.5, 0.6) is 11.5 Å². The van der Waals surface area contributed by atoms with Gasteiger partial charge in [-0.2, -0.15) is 0 Å².